The summed E-state index contributed by atoms with van der Waals surface area (Å²) in [6, 6.07) is 9.42. The van der Waals surface area contributed by atoms with E-state index in [4.69, 9.17) is 4.74 Å². The standard InChI is InChI=1S/C12H6N4O5/c17-15-11-5-7(1-3-9(11)13-20-15)19-8-2-4-10-12(6-8)16(18)21-14-10/h1-6H. The molecule has 4 rings (SSSR count). The highest BCUT2D eigenvalue weighted by Crippen LogP contribution is 2.25. The van der Waals surface area contributed by atoms with Crippen LogP contribution in [0.2, 0.25) is 0 Å². The zero-order chi connectivity index (χ0) is 14.4. The van der Waals surface area contributed by atoms with Crippen molar-refractivity contribution in [2.24, 2.45) is 0 Å². The van der Waals surface area contributed by atoms with Crippen molar-refractivity contribution in [3.05, 3.63) is 46.8 Å². The highest BCUT2D eigenvalue weighted by atomic mass is 16.8. The third-order valence-electron chi connectivity index (χ3n) is 2.95. The van der Waals surface area contributed by atoms with Gasteiger partial charge in [0.1, 0.15) is 11.5 Å². The van der Waals surface area contributed by atoms with Gasteiger partial charge in [-0.2, -0.15) is 0 Å². The molecule has 0 saturated carbocycles. The predicted molar refractivity (Wildman–Crippen MR) is 66.0 cm³/mol. The molecule has 4 aromatic rings. The van der Waals surface area contributed by atoms with E-state index in [9.17, 15) is 10.4 Å². The molecule has 2 aromatic carbocycles. The van der Waals surface area contributed by atoms with Crippen molar-refractivity contribution in [2.45, 2.75) is 0 Å². The van der Waals surface area contributed by atoms with E-state index in [1.54, 1.807) is 24.3 Å². The number of nitrogens with zero attached hydrogens (tertiary/aromatic N) is 4. The third-order valence-corrected chi connectivity index (χ3v) is 2.95. The largest absolute Gasteiger partial charge is 0.457 e. The lowest BCUT2D eigenvalue weighted by Crippen LogP contribution is -2.22. The lowest BCUT2D eigenvalue weighted by atomic mass is 10.3. The minimum absolute atomic E-state index is 0.248. The molecule has 0 amide bonds. The average molecular weight is 286 g/mol. The first-order valence-corrected chi connectivity index (χ1v) is 5.87. The molecule has 0 aliphatic heterocycles. The predicted octanol–water partition coefficient (Wildman–Crippen LogP) is 1.03. The van der Waals surface area contributed by atoms with Crippen molar-refractivity contribution in [1.29, 1.82) is 0 Å². The van der Waals surface area contributed by atoms with Gasteiger partial charge in [0.15, 0.2) is 0 Å². The van der Waals surface area contributed by atoms with E-state index in [0.29, 0.717) is 22.5 Å². The summed E-state index contributed by atoms with van der Waals surface area (Å²) in [6.07, 6.45) is 0. The van der Waals surface area contributed by atoms with E-state index in [2.05, 4.69) is 19.6 Å². The Bertz CT molecular complexity index is 883. The molecular weight excluding hydrogens is 280 g/mol. The number of ether oxygens (including phenoxy) is 1. The van der Waals surface area contributed by atoms with Crippen LogP contribution < -0.4 is 14.5 Å². The van der Waals surface area contributed by atoms with Gasteiger partial charge in [0.05, 0.1) is 0 Å². The minimum atomic E-state index is 0.248. The first kappa shape index (κ1) is 11.5. The number of rotatable bonds is 2. The van der Waals surface area contributed by atoms with Crippen molar-refractivity contribution < 1.29 is 23.8 Å². The van der Waals surface area contributed by atoms with Gasteiger partial charge in [-0.05, 0) is 34.1 Å². The highest BCUT2D eigenvalue weighted by molar-refractivity contribution is 5.73. The molecule has 104 valence electrons. The van der Waals surface area contributed by atoms with E-state index in [0.717, 1.165) is 0 Å². The Morgan fingerprint density at radius 1 is 0.810 bits per heavy atom. The summed E-state index contributed by atoms with van der Waals surface area (Å²) in [7, 11) is 0. The summed E-state index contributed by atoms with van der Waals surface area (Å²) >= 11 is 0. The maximum absolute atomic E-state index is 11.3. The first-order chi connectivity index (χ1) is 10.2. The second-order valence-corrected chi connectivity index (χ2v) is 4.26. The molecule has 0 bridgehead atoms. The molecule has 2 aromatic heterocycles. The molecule has 0 radical (unpaired) electrons. The fraction of sp³-hybridized carbons (Fsp3) is 0. The fourth-order valence-corrected chi connectivity index (χ4v) is 1.97. The summed E-state index contributed by atoms with van der Waals surface area (Å²) in [6.45, 7) is 0. The molecule has 0 N–H and O–H groups in total. The van der Waals surface area contributed by atoms with Crippen LogP contribution in [0, 0.1) is 10.4 Å². The lowest BCUT2D eigenvalue weighted by Gasteiger charge is -2.03. The van der Waals surface area contributed by atoms with Crippen LogP contribution >= 0.6 is 0 Å². The molecule has 0 aliphatic carbocycles. The first-order valence-electron chi connectivity index (χ1n) is 5.87. The molecule has 0 aliphatic rings. The summed E-state index contributed by atoms with van der Waals surface area (Å²) in [5.41, 5.74) is 1.34. The summed E-state index contributed by atoms with van der Waals surface area (Å²) < 4.78 is 14.5. The molecule has 2 heterocycles. The van der Waals surface area contributed by atoms with Gasteiger partial charge < -0.3 is 15.2 Å². The van der Waals surface area contributed by atoms with Crippen LogP contribution in [-0.2, 0) is 0 Å². The Hall–Kier alpha value is -3.36. The van der Waals surface area contributed by atoms with Crippen molar-refractivity contribution in [3.8, 4) is 11.5 Å². The maximum atomic E-state index is 11.3. The normalized spacial score (nSPS) is 11.2. The van der Waals surface area contributed by atoms with Crippen LogP contribution in [0.3, 0.4) is 0 Å². The van der Waals surface area contributed by atoms with E-state index < -0.39 is 0 Å². The Labute approximate surface area is 115 Å². The molecular formula is C12H6N4O5. The van der Waals surface area contributed by atoms with Gasteiger partial charge in [0.25, 0.3) is 0 Å². The summed E-state index contributed by atoms with van der Waals surface area (Å²) in [4.78, 5) is 0.577. The quantitative estimate of drug-likeness (QED) is 0.505. The molecule has 0 fully saturated rings. The molecule has 0 atom stereocenters. The van der Waals surface area contributed by atoms with Crippen molar-refractivity contribution in [3.63, 3.8) is 0 Å². The summed E-state index contributed by atoms with van der Waals surface area (Å²) in [5, 5.41) is 29.8. The number of hydrogen-bond acceptors (Lipinski definition) is 7. The lowest BCUT2D eigenvalue weighted by molar-refractivity contribution is -0.782. The Balaban J connectivity index is 1.74. The highest BCUT2D eigenvalue weighted by Gasteiger charge is 2.13. The topological polar surface area (TPSA) is 115 Å². The Morgan fingerprint density at radius 3 is 1.76 bits per heavy atom. The average Bonchev–Trinajstić information content (AvgIpc) is 3.04. The van der Waals surface area contributed by atoms with E-state index >= 15 is 0 Å². The zero-order valence-corrected chi connectivity index (χ0v) is 10.3. The molecule has 0 spiro atoms. The van der Waals surface area contributed by atoms with E-state index in [1.807, 2.05) is 0 Å². The molecule has 0 saturated heterocycles. The van der Waals surface area contributed by atoms with Gasteiger partial charge in [-0.1, -0.05) is 0 Å². The second kappa shape index (κ2) is 4.07. The van der Waals surface area contributed by atoms with Gasteiger partial charge in [0.2, 0.25) is 22.1 Å². The fourth-order valence-electron chi connectivity index (χ4n) is 1.97. The monoisotopic (exact) mass is 286 g/mol. The third kappa shape index (κ3) is 1.79. The molecule has 9 heteroatoms. The van der Waals surface area contributed by atoms with Crippen LogP contribution in [-0.4, -0.2) is 10.3 Å². The van der Waals surface area contributed by atoms with Crippen molar-refractivity contribution in [1.82, 2.24) is 10.3 Å². The zero-order valence-electron chi connectivity index (χ0n) is 10.3. The smallest absolute Gasteiger partial charge is 0.248 e. The second-order valence-electron chi connectivity index (χ2n) is 4.26. The number of benzene rings is 2. The van der Waals surface area contributed by atoms with Gasteiger partial charge >= 0.3 is 0 Å². The van der Waals surface area contributed by atoms with Crippen LogP contribution in [0.5, 0.6) is 11.5 Å². The van der Waals surface area contributed by atoms with Crippen LogP contribution in [0.25, 0.3) is 22.1 Å². The Kier molecular flexibility index (Phi) is 2.22. The van der Waals surface area contributed by atoms with E-state index in [1.165, 1.54) is 12.1 Å². The van der Waals surface area contributed by atoms with Crippen molar-refractivity contribution in [2.75, 3.05) is 0 Å². The van der Waals surface area contributed by atoms with Gasteiger partial charge in [-0.25, -0.2) is 0 Å². The van der Waals surface area contributed by atoms with Crippen molar-refractivity contribution >= 4 is 22.1 Å². The molecule has 0 unspecified atom stereocenters. The van der Waals surface area contributed by atoms with Crippen LogP contribution in [0.1, 0.15) is 0 Å². The SMILES string of the molecule is [O-][n+]1onc2ccc(Oc3ccc4no[n+]([O-])c4c3)cc21. The van der Waals surface area contributed by atoms with Gasteiger partial charge in [-0.15, -0.1) is 0 Å². The molecule has 9 nitrogen and oxygen atoms in total. The minimum Gasteiger partial charge on any atom is -0.457 e. The molecule has 21 heavy (non-hydrogen) atoms. The van der Waals surface area contributed by atoms with Crippen LogP contribution in [0.15, 0.2) is 45.7 Å². The number of aromatic nitrogens is 4. The van der Waals surface area contributed by atoms with Crippen LogP contribution in [0.4, 0.5) is 0 Å². The Morgan fingerprint density at radius 2 is 1.29 bits per heavy atom. The van der Waals surface area contributed by atoms with Gasteiger partial charge in [-0.3, -0.25) is 9.26 Å². The maximum Gasteiger partial charge on any atom is 0.248 e. The number of fused-ring (bicyclic) bond motifs is 2. The van der Waals surface area contributed by atoms with E-state index in [-0.39, 0.29) is 20.8 Å². The van der Waals surface area contributed by atoms with Gasteiger partial charge in [0, 0.05) is 22.4 Å². The number of hydrogen-bond donors (Lipinski definition) is 0. The summed E-state index contributed by atoms with van der Waals surface area (Å²) in [5.74, 6) is 0.812.